The molecule has 0 fully saturated rings. The van der Waals surface area contributed by atoms with Crippen molar-refractivity contribution in [1.82, 2.24) is 0 Å². The van der Waals surface area contributed by atoms with Crippen LogP contribution in [0, 0.1) is 0 Å². The summed E-state index contributed by atoms with van der Waals surface area (Å²) in [4.78, 5) is 0. The molecule has 0 amide bonds. The van der Waals surface area contributed by atoms with Crippen molar-refractivity contribution in [2.75, 3.05) is 0 Å². The average Bonchev–Trinajstić information content (AvgIpc) is 0. The van der Waals surface area contributed by atoms with Crippen molar-refractivity contribution in [3.8, 4) is 0 Å². The number of hydrogen-bond acceptors (Lipinski definition) is 0. The van der Waals surface area contributed by atoms with Gasteiger partial charge in [0.25, 0.3) is 0 Å². The third-order valence-electron chi connectivity index (χ3n) is 0. The Bertz CT molecular complexity index is 11.6. The van der Waals surface area contributed by atoms with Crippen molar-refractivity contribution >= 4 is 48.7 Å². The number of hydrogen-bond donors (Lipinski definition) is 0. The van der Waals surface area contributed by atoms with Crippen LogP contribution in [0.1, 0.15) is 0 Å². The maximum atomic E-state index is 0. The molecular weight excluding hydrogens is 485 g/mol. The van der Waals surface area contributed by atoms with E-state index in [2.05, 4.69) is 0 Å². The molecule has 0 unspecified atom stereocenters. The summed E-state index contributed by atoms with van der Waals surface area (Å²) in [5.41, 5.74) is 0. The molecule has 23 valence electrons. The molecule has 0 aromatic rings. The minimum Gasteiger partial charge on any atom is 0 e. The molecule has 0 spiro atoms. The van der Waals surface area contributed by atoms with E-state index in [1.165, 1.54) is 0 Å². The molecule has 5 heteroatoms. The molecule has 5 heavy (non-hydrogen) atoms. The van der Waals surface area contributed by atoms with Crippen LogP contribution in [0.4, 0.5) is 0 Å². The van der Waals surface area contributed by atoms with E-state index < -0.39 is 0 Å². The van der Waals surface area contributed by atoms with Gasteiger partial charge in [0.2, 0.25) is 0 Å². The molecule has 0 bridgehead atoms. The van der Waals surface area contributed by atoms with Gasteiger partial charge in [-0.05, 0) is 0 Å². The summed E-state index contributed by atoms with van der Waals surface area (Å²) in [5.74, 6) is 0. The quantitative estimate of drug-likeness (QED) is 0.396. The van der Waals surface area contributed by atoms with Crippen LogP contribution in [0.15, 0.2) is 0 Å². The minimum atomic E-state index is 0. The Morgan fingerprint density at radius 2 is 1.00 bits per heavy atom. The summed E-state index contributed by atoms with van der Waals surface area (Å²) in [7, 11) is 0. The molecule has 0 rings (SSSR count). The molecule has 0 N–H and O–H groups in total. The second-order valence-corrected chi connectivity index (χ2v) is 0. The van der Waals surface area contributed by atoms with Crippen LogP contribution in [-0.2, 0) is 60.8 Å². The van der Waals surface area contributed by atoms with Gasteiger partial charge in [-0.25, -0.2) is 0 Å². The molecule has 0 aromatic heterocycles. The van der Waals surface area contributed by atoms with Gasteiger partial charge in [0.05, 0.1) is 0 Å². The Hall–Kier alpha value is 3.44. The first-order valence-corrected chi connectivity index (χ1v) is 0. The number of rotatable bonds is 0. The van der Waals surface area contributed by atoms with Crippen LogP contribution < -0.4 is 0 Å². The average molecular weight is 485 g/mol. The van der Waals surface area contributed by atoms with Gasteiger partial charge in [-0.1, -0.05) is 0 Å². The Labute approximate surface area is 107 Å². The van der Waals surface area contributed by atoms with Crippen LogP contribution in [0.5, 0.6) is 0 Å². The van der Waals surface area contributed by atoms with Crippen molar-refractivity contribution < 1.29 is 60.8 Å². The molecule has 0 aromatic carbocycles. The van der Waals surface area contributed by atoms with Crippen molar-refractivity contribution in [2.24, 2.45) is 0 Å². The van der Waals surface area contributed by atoms with Gasteiger partial charge in [0.1, 0.15) is 0 Å². The van der Waals surface area contributed by atoms with Crippen molar-refractivity contribution in [3.05, 3.63) is 0 Å². The van der Waals surface area contributed by atoms with Gasteiger partial charge in [-0.15, -0.1) is 0 Å². The minimum absolute atomic E-state index is 0. The van der Waals surface area contributed by atoms with E-state index in [9.17, 15) is 0 Å². The fourth-order valence-corrected chi connectivity index (χ4v) is 0. The van der Waals surface area contributed by atoms with E-state index >= 15 is 0 Å². The van der Waals surface area contributed by atoms with Gasteiger partial charge in [-0.3, -0.25) is 0 Å². The first kappa shape index (κ1) is 39.5. The summed E-state index contributed by atoms with van der Waals surface area (Å²) in [6, 6.07) is 0. The molecule has 7 radical (unpaired) electrons. The summed E-state index contributed by atoms with van der Waals surface area (Å²) in [5, 5.41) is 0. The van der Waals surface area contributed by atoms with E-state index in [-0.39, 0.29) is 110 Å². The van der Waals surface area contributed by atoms with E-state index in [4.69, 9.17) is 0 Å². The zero-order valence-corrected chi connectivity index (χ0v) is 13.1. The summed E-state index contributed by atoms with van der Waals surface area (Å²) in [6.45, 7) is 0. The maximum Gasteiger partial charge on any atom is 0 e. The Balaban J connectivity index is 0. The standard InChI is InChI=1S/Ca.Cr.Si.Ta.W. The molecule has 0 aliphatic rings. The first-order chi connectivity index (χ1) is 0. The topological polar surface area (TPSA) is 0 Å². The van der Waals surface area contributed by atoms with Crippen LogP contribution in [0.3, 0.4) is 0 Å². The van der Waals surface area contributed by atoms with E-state index in [1.54, 1.807) is 0 Å². The first-order valence-electron chi connectivity index (χ1n) is 0. The van der Waals surface area contributed by atoms with Gasteiger partial charge in [0.15, 0.2) is 0 Å². The SMILES string of the molecule is [Ca].[Cr].[Si].[Ta].[W]. The Morgan fingerprint density at radius 3 is 1.00 bits per heavy atom. The zero-order valence-electron chi connectivity index (χ0n) is 2.47. The second-order valence-electron chi connectivity index (χ2n) is 0. The fraction of sp³-hybridized carbons (Fsp3) is 0. The van der Waals surface area contributed by atoms with Crippen molar-refractivity contribution in [1.29, 1.82) is 0 Å². The van der Waals surface area contributed by atoms with E-state index in [1.807, 2.05) is 0 Å². The molecule has 0 saturated heterocycles. The molecular formula is CaCrSiTaW. The summed E-state index contributed by atoms with van der Waals surface area (Å²) < 4.78 is 0. The van der Waals surface area contributed by atoms with E-state index in [0.717, 1.165) is 0 Å². The third kappa shape index (κ3) is 18.6. The second kappa shape index (κ2) is 26.1. The fourth-order valence-electron chi connectivity index (χ4n) is 0. The van der Waals surface area contributed by atoms with Gasteiger partial charge >= 0.3 is 0 Å². The van der Waals surface area contributed by atoms with E-state index in [0.29, 0.717) is 0 Å². The predicted octanol–water partition coefficient (Wildman–Crippen LogP) is -0.769. The monoisotopic (exact) mass is 485 g/mol. The molecule has 0 heterocycles. The third-order valence-corrected chi connectivity index (χ3v) is 0. The summed E-state index contributed by atoms with van der Waals surface area (Å²) in [6.07, 6.45) is 0. The zero-order chi connectivity index (χ0) is 0. The molecule has 0 atom stereocenters. The van der Waals surface area contributed by atoms with Crippen LogP contribution in [0.25, 0.3) is 0 Å². The normalized spacial score (nSPS) is 0. The predicted molar refractivity (Wildman–Crippen MR) is 11.5 cm³/mol. The molecule has 0 saturated carbocycles. The van der Waals surface area contributed by atoms with Gasteiger partial charge < -0.3 is 0 Å². The van der Waals surface area contributed by atoms with Crippen LogP contribution in [0.2, 0.25) is 0 Å². The van der Waals surface area contributed by atoms with Crippen molar-refractivity contribution in [3.63, 3.8) is 0 Å². The smallest absolute Gasteiger partial charge is 0 e. The van der Waals surface area contributed by atoms with Crippen LogP contribution in [-0.4, -0.2) is 48.7 Å². The molecule has 0 nitrogen and oxygen atoms in total. The Kier molecular flexibility index (Phi) is 206. The Morgan fingerprint density at radius 1 is 1.00 bits per heavy atom. The van der Waals surface area contributed by atoms with Crippen LogP contribution >= 0.6 is 0 Å². The maximum absolute atomic E-state index is 0. The van der Waals surface area contributed by atoms with Crippen molar-refractivity contribution in [2.45, 2.75) is 0 Å². The van der Waals surface area contributed by atoms with Gasteiger partial charge in [-0.2, -0.15) is 0 Å². The molecule has 0 aliphatic heterocycles. The largest absolute Gasteiger partial charge is 0 e. The molecule has 0 aliphatic carbocycles. The summed E-state index contributed by atoms with van der Waals surface area (Å²) >= 11 is 0. The van der Waals surface area contributed by atoms with Gasteiger partial charge in [0, 0.05) is 110 Å².